The lowest BCUT2D eigenvalue weighted by molar-refractivity contribution is 0.228. The van der Waals surface area contributed by atoms with Gasteiger partial charge in [0.15, 0.2) is 11.5 Å². The van der Waals surface area contributed by atoms with Crippen LogP contribution in [0.1, 0.15) is 12.5 Å². The Hall–Kier alpha value is -2.07. The number of rotatable bonds is 3. The molecule has 4 nitrogen and oxygen atoms in total. The van der Waals surface area contributed by atoms with Gasteiger partial charge in [-0.2, -0.15) is 0 Å². The number of ether oxygens (including phenoxy) is 2. The van der Waals surface area contributed by atoms with Crippen LogP contribution in [0.4, 0.5) is 0 Å². The fraction of sp³-hybridized carbons (Fsp3) is 0.353. The van der Waals surface area contributed by atoms with E-state index in [1.807, 2.05) is 31.6 Å². The second kappa shape index (κ2) is 6.14. The predicted octanol–water partition coefficient (Wildman–Crippen LogP) is 2.88. The SMILES string of the molecule is CNCc1cncc(-c2ccc3c(c2)OCC(C)CO3)c1. The van der Waals surface area contributed by atoms with Crippen molar-refractivity contribution in [3.63, 3.8) is 0 Å². The van der Waals surface area contributed by atoms with Crippen LogP contribution in [0.25, 0.3) is 11.1 Å². The van der Waals surface area contributed by atoms with E-state index in [1.54, 1.807) is 0 Å². The Bertz CT molecular complexity index is 628. The molecule has 0 saturated heterocycles. The number of hydrogen-bond donors (Lipinski definition) is 1. The first kappa shape index (κ1) is 13.9. The Morgan fingerprint density at radius 1 is 1.10 bits per heavy atom. The second-order valence-corrected chi connectivity index (χ2v) is 5.50. The number of nitrogens with one attached hydrogen (secondary N) is 1. The van der Waals surface area contributed by atoms with Gasteiger partial charge in [-0.1, -0.05) is 13.0 Å². The van der Waals surface area contributed by atoms with Crippen molar-refractivity contribution in [2.24, 2.45) is 5.92 Å². The highest BCUT2D eigenvalue weighted by molar-refractivity contribution is 5.67. The Morgan fingerprint density at radius 2 is 1.90 bits per heavy atom. The molecule has 1 aliphatic heterocycles. The first-order chi connectivity index (χ1) is 10.3. The minimum Gasteiger partial charge on any atom is -0.489 e. The quantitative estimate of drug-likeness (QED) is 0.941. The van der Waals surface area contributed by atoms with Crippen molar-refractivity contribution in [3.05, 3.63) is 42.2 Å². The normalized spacial score (nSPS) is 17.3. The largest absolute Gasteiger partial charge is 0.489 e. The molecule has 0 bridgehead atoms. The van der Waals surface area contributed by atoms with Gasteiger partial charge < -0.3 is 14.8 Å². The van der Waals surface area contributed by atoms with Crippen LogP contribution in [0.5, 0.6) is 11.5 Å². The van der Waals surface area contributed by atoms with Gasteiger partial charge in [-0.3, -0.25) is 4.98 Å². The van der Waals surface area contributed by atoms with Crippen LogP contribution in [0.3, 0.4) is 0 Å². The highest BCUT2D eigenvalue weighted by Gasteiger charge is 2.15. The minimum absolute atomic E-state index is 0.404. The predicted molar refractivity (Wildman–Crippen MR) is 82.6 cm³/mol. The van der Waals surface area contributed by atoms with Crippen molar-refractivity contribution in [1.29, 1.82) is 0 Å². The Kier molecular flexibility index (Phi) is 4.06. The number of fused-ring (bicyclic) bond motifs is 1. The summed E-state index contributed by atoms with van der Waals surface area (Å²) < 4.78 is 11.6. The zero-order valence-electron chi connectivity index (χ0n) is 12.4. The molecule has 2 aromatic rings. The van der Waals surface area contributed by atoms with Gasteiger partial charge in [0.1, 0.15) is 0 Å². The average molecular weight is 284 g/mol. The summed E-state index contributed by atoms with van der Waals surface area (Å²) in [6.07, 6.45) is 3.76. The fourth-order valence-corrected chi connectivity index (χ4v) is 2.38. The molecule has 0 aliphatic carbocycles. The highest BCUT2D eigenvalue weighted by atomic mass is 16.5. The molecule has 21 heavy (non-hydrogen) atoms. The molecule has 0 radical (unpaired) electrons. The van der Waals surface area contributed by atoms with E-state index < -0.39 is 0 Å². The van der Waals surface area contributed by atoms with Gasteiger partial charge in [-0.25, -0.2) is 0 Å². The van der Waals surface area contributed by atoms with Gasteiger partial charge in [0, 0.05) is 30.4 Å². The smallest absolute Gasteiger partial charge is 0.161 e. The van der Waals surface area contributed by atoms with Gasteiger partial charge >= 0.3 is 0 Å². The maximum absolute atomic E-state index is 5.84. The van der Waals surface area contributed by atoms with Gasteiger partial charge in [0.05, 0.1) is 13.2 Å². The number of hydrogen-bond acceptors (Lipinski definition) is 4. The Balaban J connectivity index is 1.91. The van der Waals surface area contributed by atoms with Gasteiger partial charge in [-0.05, 0) is 36.4 Å². The lowest BCUT2D eigenvalue weighted by Gasteiger charge is -2.10. The van der Waals surface area contributed by atoms with Crippen molar-refractivity contribution in [3.8, 4) is 22.6 Å². The monoisotopic (exact) mass is 284 g/mol. The molecule has 1 N–H and O–H groups in total. The van der Waals surface area contributed by atoms with E-state index in [0.29, 0.717) is 19.1 Å². The molecule has 1 unspecified atom stereocenters. The standard InChI is InChI=1S/C17H20N2O2/c1-12-10-20-16-4-3-14(6-17(16)21-11-12)15-5-13(7-18-2)8-19-9-15/h3-6,8-9,12,18H,7,10-11H2,1-2H3. The summed E-state index contributed by atoms with van der Waals surface area (Å²) in [4.78, 5) is 4.31. The molecule has 4 heteroatoms. The van der Waals surface area contributed by atoms with Crippen molar-refractivity contribution >= 4 is 0 Å². The molecular weight excluding hydrogens is 264 g/mol. The summed E-state index contributed by atoms with van der Waals surface area (Å²) in [7, 11) is 1.93. The molecule has 0 saturated carbocycles. The first-order valence-corrected chi connectivity index (χ1v) is 7.25. The van der Waals surface area contributed by atoms with Gasteiger partial charge in [0.25, 0.3) is 0 Å². The molecule has 1 atom stereocenters. The Morgan fingerprint density at radius 3 is 2.71 bits per heavy atom. The van der Waals surface area contributed by atoms with E-state index in [4.69, 9.17) is 9.47 Å². The van der Waals surface area contributed by atoms with Crippen LogP contribution >= 0.6 is 0 Å². The molecule has 0 amide bonds. The zero-order chi connectivity index (χ0) is 14.7. The highest BCUT2D eigenvalue weighted by Crippen LogP contribution is 2.34. The van der Waals surface area contributed by atoms with E-state index >= 15 is 0 Å². The van der Waals surface area contributed by atoms with E-state index in [2.05, 4.69) is 29.4 Å². The van der Waals surface area contributed by atoms with E-state index in [1.165, 1.54) is 0 Å². The summed E-state index contributed by atoms with van der Waals surface area (Å²) in [6, 6.07) is 8.21. The molecular formula is C17H20N2O2. The summed E-state index contributed by atoms with van der Waals surface area (Å²) in [5.74, 6) is 2.04. The molecule has 0 spiro atoms. The molecule has 3 rings (SSSR count). The lowest BCUT2D eigenvalue weighted by Crippen LogP contribution is -2.12. The number of pyridine rings is 1. The van der Waals surface area contributed by atoms with Crippen LogP contribution in [0.2, 0.25) is 0 Å². The molecule has 1 aliphatic rings. The van der Waals surface area contributed by atoms with Crippen molar-refractivity contribution < 1.29 is 9.47 Å². The van der Waals surface area contributed by atoms with Crippen LogP contribution in [0, 0.1) is 5.92 Å². The maximum Gasteiger partial charge on any atom is 0.161 e. The molecule has 0 fully saturated rings. The maximum atomic E-state index is 5.84. The zero-order valence-corrected chi connectivity index (χ0v) is 12.4. The number of nitrogens with zero attached hydrogens (tertiary/aromatic N) is 1. The number of aromatic nitrogens is 1. The van der Waals surface area contributed by atoms with Crippen molar-refractivity contribution in [1.82, 2.24) is 10.3 Å². The van der Waals surface area contributed by atoms with Crippen LogP contribution < -0.4 is 14.8 Å². The summed E-state index contributed by atoms with van der Waals surface area (Å²) >= 11 is 0. The van der Waals surface area contributed by atoms with Gasteiger partial charge in [0.2, 0.25) is 0 Å². The summed E-state index contributed by atoms with van der Waals surface area (Å²) in [6.45, 7) is 4.32. The third-order valence-corrected chi connectivity index (χ3v) is 3.50. The average Bonchev–Trinajstić information content (AvgIpc) is 2.70. The Labute approximate surface area is 125 Å². The van der Waals surface area contributed by atoms with E-state index in [0.717, 1.165) is 34.7 Å². The third kappa shape index (κ3) is 3.16. The lowest BCUT2D eigenvalue weighted by atomic mass is 10.1. The van der Waals surface area contributed by atoms with Crippen molar-refractivity contribution in [2.75, 3.05) is 20.3 Å². The minimum atomic E-state index is 0.404. The van der Waals surface area contributed by atoms with E-state index in [9.17, 15) is 0 Å². The van der Waals surface area contributed by atoms with Crippen molar-refractivity contribution in [2.45, 2.75) is 13.5 Å². The third-order valence-electron chi connectivity index (χ3n) is 3.50. The van der Waals surface area contributed by atoms with Crippen LogP contribution in [0.15, 0.2) is 36.7 Å². The molecule has 2 heterocycles. The molecule has 1 aromatic carbocycles. The van der Waals surface area contributed by atoms with Crippen LogP contribution in [-0.2, 0) is 6.54 Å². The summed E-state index contributed by atoms with van der Waals surface area (Å²) in [5, 5.41) is 3.14. The summed E-state index contributed by atoms with van der Waals surface area (Å²) in [5.41, 5.74) is 3.35. The molecule has 1 aromatic heterocycles. The first-order valence-electron chi connectivity index (χ1n) is 7.25. The van der Waals surface area contributed by atoms with E-state index in [-0.39, 0.29) is 0 Å². The molecule has 110 valence electrons. The second-order valence-electron chi connectivity index (χ2n) is 5.50. The number of benzene rings is 1. The fourth-order valence-electron chi connectivity index (χ4n) is 2.38. The van der Waals surface area contributed by atoms with Crippen LogP contribution in [-0.4, -0.2) is 25.2 Å². The van der Waals surface area contributed by atoms with Gasteiger partial charge in [-0.15, -0.1) is 0 Å². The topological polar surface area (TPSA) is 43.4 Å².